The van der Waals surface area contributed by atoms with E-state index in [2.05, 4.69) is 20.8 Å². The van der Waals surface area contributed by atoms with Crippen molar-refractivity contribution in [3.8, 4) is 0 Å². The molecule has 0 bridgehead atoms. The first-order valence-electron chi connectivity index (χ1n) is 8.37. The van der Waals surface area contributed by atoms with E-state index in [9.17, 15) is 9.59 Å². The minimum absolute atomic E-state index is 0.0362. The van der Waals surface area contributed by atoms with Crippen molar-refractivity contribution >= 4 is 11.9 Å². The molecule has 0 rings (SSSR count). The fourth-order valence-electron chi connectivity index (χ4n) is 2.45. The molecule has 0 amide bonds. The van der Waals surface area contributed by atoms with E-state index >= 15 is 0 Å². The third-order valence-corrected chi connectivity index (χ3v) is 4.13. The van der Waals surface area contributed by atoms with Gasteiger partial charge >= 0.3 is 11.9 Å². The Hall–Kier alpha value is -1.32. The summed E-state index contributed by atoms with van der Waals surface area (Å²) in [5, 5.41) is 0. The fraction of sp³-hybridized carbons (Fsp3) is 0.789. The molecular formula is C19H34O4. The molecule has 0 aliphatic heterocycles. The summed E-state index contributed by atoms with van der Waals surface area (Å²) >= 11 is 0. The molecule has 1 unspecified atom stereocenters. The van der Waals surface area contributed by atoms with Crippen LogP contribution in [-0.4, -0.2) is 25.2 Å². The maximum atomic E-state index is 12.5. The number of carbonyl (C=O) groups is 2. The summed E-state index contributed by atoms with van der Waals surface area (Å²) in [5.41, 5.74) is 0.461. The Kier molecular flexibility index (Phi) is 8.57. The molecule has 0 spiro atoms. The van der Waals surface area contributed by atoms with E-state index < -0.39 is 5.41 Å². The van der Waals surface area contributed by atoms with E-state index in [-0.39, 0.29) is 42.9 Å². The lowest BCUT2D eigenvalue weighted by Crippen LogP contribution is -2.39. The number of esters is 2. The van der Waals surface area contributed by atoms with Gasteiger partial charge < -0.3 is 9.47 Å². The number of hydrogen-bond donors (Lipinski definition) is 0. The maximum Gasteiger partial charge on any atom is 0.312 e. The van der Waals surface area contributed by atoms with Crippen molar-refractivity contribution in [1.29, 1.82) is 0 Å². The molecule has 4 nitrogen and oxygen atoms in total. The molecule has 0 aromatic carbocycles. The normalized spacial score (nSPS) is 15.3. The predicted octanol–water partition coefficient (Wildman–Crippen LogP) is 4.53. The molecule has 0 aromatic rings. The van der Waals surface area contributed by atoms with Crippen LogP contribution in [0.5, 0.6) is 0 Å². The van der Waals surface area contributed by atoms with Gasteiger partial charge in [0.2, 0.25) is 0 Å². The van der Waals surface area contributed by atoms with Crippen molar-refractivity contribution in [3.05, 3.63) is 11.6 Å². The minimum Gasteiger partial charge on any atom is -0.462 e. The van der Waals surface area contributed by atoms with Gasteiger partial charge in [0.25, 0.3) is 0 Å². The number of rotatable bonds is 8. The fourth-order valence-corrected chi connectivity index (χ4v) is 2.45. The highest BCUT2D eigenvalue weighted by Crippen LogP contribution is 2.40. The quantitative estimate of drug-likeness (QED) is 0.374. The van der Waals surface area contributed by atoms with Gasteiger partial charge in [-0.1, -0.05) is 46.3 Å². The van der Waals surface area contributed by atoms with Gasteiger partial charge in [0.15, 0.2) is 0 Å². The zero-order chi connectivity index (χ0) is 18.3. The maximum absolute atomic E-state index is 12.5. The van der Waals surface area contributed by atoms with Crippen LogP contribution >= 0.6 is 0 Å². The molecule has 0 saturated heterocycles. The van der Waals surface area contributed by atoms with Gasteiger partial charge in [-0.3, -0.25) is 9.59 Å². The van der Waals surface area contributed by atoms with Crippen molar-refractivity contribution in [2.45, 2.75) is 68.2 Å². The third kappa shape index (κ3) is 8.19. The standard InChI is InChI=1S/C19H34O4/c1-9-15(4)12-16(20)22-10-11-23-17(21)19(8,14(2)3)13-18(5,6)7/h9,14H,10-13H2,1-8H3. The minimum atomic E-state index is -0.538. The predicted molar refractivity (Wildman–Crippen MR) is 93.0 cm³/mol. The van der Waals surface area contributed by atoms with E-state index in [0.29, 0.717) is 0 Å². The van der Waals surface area contributed by atoms with Crippen LogP contribution in [0.3, 0.4) is 0 Å². The lowest BCUT2D eigenvalue weighted by atomic mass is 9.69. The van der Waals surface area contributed by atoms with Crippen LogP contribution in [0, 0.1) is 16.7 Å². The first-order chi connectivity index (χ1) is 10.4. The van der Waals surface area contributed by atoms with E-state index in [4.69, 9.17) is 9.47 Å². The molecule has 0 fully saturated rings. The largest absolute Gasteiger partial charge is 0.462 e. The molecule has 0 aliphatic carbocycles. The molecule has 23 heavy (non-hydrogen) atoms. The highest BCUT2D eigenvalue weighted by atomic mass is 16.6. The van der Waals surface area contributed by atoms with Crippen LogP contribution in [-0.2, 0) is 19.1 Å². The Morgan fingerprint density at radius 1 is 1.04 bits per heavy atom. The van der Waals surface area contributed by atoms with E-state index in [0.717, 1.165) is 12.0 Å². The van der Waals surface area contributed by atoms with E-state index in [1.807, 2.05) is 40.7 Å². The summed E-state index contributed by atoms with van der Waals surface area (Å²) in [6.45, 7) is 16.3. The summed E-state index contributed by atoms with van der Waals surface area (Å²) in [6.07, 6.45) is 2.90. The van der Waals surface area contributed by atoms with Gasteiger partial charge in [0.1, 0.15) is 13.2 Å². The molecule has 134 valence electrons. The smallest absolute Gasteiger partial charge is 0.312 e. The second-order valence-corrected chi connectivity index (χ2v) is 7.98. The molecule has 0 heterocycles. The molecule has 0 radical (unpaired) electrons. The first kappa shape index (κ1) is 21.7. The average molecular weight is 326 g/mol. The molecule has 0 saturated carbocycles. The number of carbonyl (C=O) groups excluding carboxylic acids is 2. The summed E-state index contributed by atoms with van der Waals surface area (Å²) < 4.78 is 10.4. The highest BCUT2D eigenvalue weighted by Gasteiger charge is 2.41. The van der Waals surface area contributed by atoms with Crippen molar-refractivity contribution in [2.75, 3.05) is 13.2 Å². The number of hydrogen-bond acceptors (Lipinski definition) is 4. The van der Waals surface area contributed by atoms with E-state index in [1.54, 1.807) is 0 Å². The van der Waals surface area contributed by atoms with Gasteiger partial charge in [0, 0.05) is 0 Å². The zero-order valence-corrected chi connectivity index (χ0v) is 16.1. The topological polar surface area (TPSA) is 52.6 Å². The van der Waals surface area contributed by atoms with Crippen LogP contribution in [0.1, 0.15) is 68.2 Å². The lowest BCUT2D eigenvalue weighted by Gasteiger charge is -2.36. The van der Waals surface area contributed by atoms with Gasteiger partial charge in [-0.25, -0.2) is 0 Å². The molecule has 0 aromatic heterocycles. The van der Waals surface area contributed by atoms with Crippen LogP contribution in [0.25, 0.3) is 0 Å². The van der Waals surface area contributed by atoms with Gasteiger partial charge in [-0.15, -0.1) is 0 Å². The summed E-state index contributed by atoms with van der Waals surface area (Å²) in [4.78, 5) is 24.0. The molecule has 0 aliphatic rings. The van der Waals surface area contributed by atoms with Gasteiger partial charge in [-0.05, 0) is 38.5 Å². The van der Waals surface area contributed by atoms with Crippen LogP contribution in [0.2, 0.25) is 0 Å². The van der Waals surface area contributed by atoms with Crippen molar-refractivity contribution in [3.63, 3.8) is 0 Å². The first-order valence-corrected chi connectivity index (χ1v) is 8.37. The second kappa shape index (κ2) is 9.09. The Balaban J connectivity index is 4.43. The molecule has 0 N–H and O–H groups in total. The van der Waals surface area contributed by atoms with Crippen molar-refractivity contribution in [2.24, 2.45) is 16.7 Å². The summed E-state index contributed by atoms with van der Waals surface area (Å²) in [5.74, 6) is -0.338. The number of ether oxygens (including phenoxy) is 2. The van der Waals surface area contributed by atoms with Crippen LogP contribution in [0.15, 0.2) is 11.6 Å². The Morgan fingerprint density at radius 2 is 1.57 bits per heavy atom. The van der Waals surface area contributed by atoms with Crippen molar-refractivity contribution < 1.29 is 19.1 Å². The van der Waals surface area contributed by atoms with Crippen LogP contribution < -0.4 is 0 Å². The Morgan fingerprint density at radius 3 is 2.00 bits per heavy atom. The summed E-state index contributed by atoms with van der Waals surface area (Å²) in [6, 6.07) is 0. The van der Waals surface area contributed by atoms with Gasteiger partial charge in [-0.2, -0.15) is 0 Å². The Labute approximate surface area is 141 Å². The second-order valence-electron chi connectivity index (χ2n) is 7.98. The summed E-state index contributed by atoms with van der Waals surface area (Å²) in [7, 11) is 0. The third-order valence-electron chi connectivity index (χ3n) is 4.13. The zero-order valence-electron chi connectivity index (χ0n) is 16.1. The average Bonchev–Trinajstić information content (AvgIpc) is 2.40. The van der Waals surface area contributed by atoms with Gasteiger partial charge in [0.05, 0.1) is 11.8 Å². The highest BCUT2D eigenvalue weighted by molar-refractivity contribution is 5.77. The SMILES string of the molecule is CC=C(C)CC(=O)OCCOC(=O)C(C)(CC(C)(C)C)C(C)C. The lowest BCUT2D eigenvalue weighted by molar-refractivity contribution is -0.163. The molecule has 1 atom stereocenters. The number of allylic oxidation sites excluding steroid dienone is 1. The molecule has 4 heteroatoms. The van der Waals surface area contributed by atoms with E-state index in [1.165, 1.54) is 0 Å². The van der Waals surface area contributed by atoms with Crippen molar-refractivity contribution in [1.82, 2.24) is 0 Å². The monoisotopic (exact) mass is 326 g/mol. The Bertz CT molecular complexity index is 429. The van der Waals surface area contributed by atoms with Crippen LogP contribution in [0.4, 0.5) is 0 Å². The molecular weight excluding hydrogens is 292 g/mol.